The first-order chi connectivity index (χ1) is 15.9. The molecule has 5 nitrogen and oxygen atoms in total. The Kier molecular flexibility index (Phi) is 11.0. The predicted octanol–water partition coefficient (Wildman–Crippen LogP) is 6.71. The van der Waals surface area contributed by atoms with Crippen molar-refractivity contribution >= 4 is 23.1 Å². The summed E-state index contributed by atoms with van der Waals surface area (Å²) in [6, 6.07) is 7.33. The van der Waals surface area contributed by atoms with Gasteiger partial charge in [-0.25, -0.2) is 9.38 Å². The highest BCUT2D eigenvalue weighted by Gasteiger charge is 2.24. The van der Waals surface area contributed by atoms with Crippen LogP contribution in [-0.2, 0) is 4.79 Å². The molecule has 1 aromatic carbocycles. The van der Waals surface area contributed by atoms with Gasteiger partial charge in [-0.05, 0) is 44.2 Å². The quantitative estimate of drug-likeness (QED) is 0.242. The lowest BCUT2D eigenvalue weighted by atomic mass is 9.92. The standard InChI is InChI=1S/C27H39FN4O/c1-5-8-10-15-24(22(28)7-3)31-23-14-12-11-13-21(23)26(29)19(4)20-16-17-25(33)32-27(20)30-18-9-6-2/h9,11-14,18,22,24,29,31H,5-8,10,15-17H2,1-4H3,(H,30,32,33)/b18-9+,20-19+,29-26?. The number of aliphatic imine (C=N–C) groups is 1. The van der Waals surface area contributed by atoms with Crippen LogP contribution in [0.25, 0.3) is 0 Å². The number of hydrogen-bond acceptors (Lipinski definition) is 4. The number of alkyl halides is 1. The number of nitrogens with zero attached hydrogens (tertiary/aromatic N) is 1. The van der Waals surface area contributed by atoms with E-state index in [4.69, 9.17) is 5.41 Å². The maximum atomic E-state index is 14.7. The fourth-order valence-corrected chi connectivity index (χ4v) is 3.96. The molecule has 2 rings (SSSR count). The second-order valence-corrected chi connectivity index (χ2v) is 8.51. The van der Waals surface area contributed by atoms with E-state index >= 15 is 0 Å². The average molecular weight is 455 g/mol. The number of para-hydroxylation sites is 1. The van der Waals surface area contributed by atoms with Gasteiger partial charge in [0.05, 0.1) is 11.8 Å². The Balaban J connectivity index is 2.36. The first-order valence-electron chi connectivity index (χ1n) is 12.2. The Labute approximate surface area is 198 Å². The molecule has 0 aliphatic carbocycles. The van der Waals surface area contributed by atoms with E-state index in [2.05, 4.69) is 22.5 Å². The summed E-state index contributed by atoms with van der Waals surface area (Å²) in [6.45, 7) is 7.93. The highest BCUT2D eigenvalue weighted by Crippen LogP contribution is 2.26. The molecule has 1 aromatic rings. The van der Waals surface area contributed by atoms with E-state index in [0.29, 0.717) is 30.8 Å². The molecule has 3 N–H and O–H groups in total. The van der Waals surface area contributed by atoms with Gasteiger partial charge in [-0.3, -0.25) is 10.2 Å². The predicted molar refractivity (Wildman–Crippen MR) is 137 cm³/mol. The molecule has 0 bridgehead atoms. The smallest absolute Gasteiger partial charge is 0.225 e. The largest absolute Gasteiger partial charge is 0.379 e. The van der Waals surface area contributed by atoms with Gasteiger partial charge in [0.15, 0.2) is 0 Å². The van der Waals surface area contributed by atoms with Crippen molar-refractivity contribution in [2.24, 2.45) is 4.99 Å². The van der Waals surface area contributed by atoms with Gasteiger partial charge in [0, 0.05) is 29.4 Å². The molecule has 1 aliphatic heterocycles. The molecule has 0 radical (unpaired) electrons. The summed E-state index contributed by atoms with van der Waals surface area (Å²) in [5, 5.41) is 15.2. The molecule has 0 spiro atoms. The zero-order chi connectivity index (χ0) is 24.2. The molecule has 1 fully saturated rings. The summed E-state index contributed by atoms with van der Waals surface area (Å²) in [5.41, 5.74) is 3.49. The van der Waals surface area contributed by atoms with Crippen LogP contribution in [0.1, 0.15) is 84.6 Å². The third-order valence-corrected chi connectivity index (χ3v) is 6.00. The summed E-state index contributed by atoms with van der Waals surface area (Å²) >= 11 is 0. The first-order valence-corrected chi connectivity index (χ1v) is 12.2. The number of halogens is 1. The number of rotatable bonds is 12. The molecule has 2 atom stereocenters. The molecule has 6 heteroatoms. The summed E-state index contributed by atoms with van der Waals surface area (Å²) in [4.78, 5) is 16.4. The van der Waals surface area contributed by atoms with Crippen molar-refractivity contribution in [2.75, 3.05) is 5.32 Å². The Hall–Kier alpha value is -2.76. The maximum Gasteiger partial charge on any atom is 0.225 e. The van der Waals surface area contributed by atoms with Crippen LogP contribution in [0, 0.1) is 5.41 Å². The highest BCUT2D eigenvalue weighted by atomic mass is 19.1. The molecule has 1 amide bonds. The Morgan fingerprint density at radius 1 is 1.24 bits per heavy atom. The third kappa shape index (κ3) is 7.65. The van der Waals surface area contributed by atoms with E-state index in [9.17, 15) is 9.18 Å². The van der Waals surface area contributed by atoms with Crippen LogP contribution < -0.4 is 10.6 Å². The molecule has 1 saturated heterocycles. The molecular formula is C27H39FN4O. The number of piperidine rings is 1. The van der Waals surface area contributed by atoms with E-state index in [0.717, 1.165) is 54.5 Å². The van der Waals surface area contributed by atoms with Gasteiger partial charge in [0.2, 0.25) is 5.91 Å². The van der Waals surface area contributed by atoms with E-state index in [1.165, 1.54) is 0 Å². The molecule has 1 heterocycles. The highest BCUT2D eigenvalue weighted by molar-refractivity contribution is 6.20. The van der Waals surface area contributed by atoms with Crippen molar-refractivity contribution in [3.05, 3.63) is 53.3 Å². The van der Waals surface area contributed by atoms with Gasteiger partial charge < -0.3 is 10.6 Å². The average Bonchev–Trinajstić information content (AvgIpc) is 2.82. The zero-order valence-corrected chi connectivity index (χ0v) is 20.5. The van der Waals surface area contributed by atoms with Crippen LogP contribution in [0.15, 0.2) is 52.7 Å². The van der Waals surface area contributed by atoms with Crippen LogP contribution in [0.5, 0.6) is 0 Å². The maximum absolute atomic E-state index is 14.7. The molecule has 2 unspecified atom stereocenters. The van der Waals surface area contributed by atoms with Crippen molar-refractivity contribution in [3.8, 4) is 0 Å². The topological polar surface area (TPSA) is 77.3 Å². The minimum absolute atomic E-state index is 0.0627. The van der Waals surface area contributed by atoms with E-state index in [-0.39, 0.29) is 11.9 Å². The minimum atomic E-state index is -0.943. The van der Waals surface area contributed by atoms with E-state index < -0.39 is 6.17 Å². The summed E-state index contributed by atoms with van der Waals surface area (Å²) in [5.74, 6) is 0.447. The normalized spacial score (nSPS) is 18.8. The lowest BCUT2D eigenvalue weighted by molar-refractivity contribution is -0.119. The van der Waals surface area contributed by atoms with Crippen molar-refractivity contribution < 1.29 is 9.18 Å². The van der Waals surface area contributed by atoms with Crippen LogP contribution in [0.2, 0.25) is 0 Å². The van der Waals surface area contributed by atoms with Crippen LogP contribution in [-0.4, -0.2) is 29.7 Å². The number of carbonyl (C=O) groups excluding carboxylic acids is 1. The number of amides is 1. The van der Waals surface area contributed by atoms with Gasteiger partial charge in [-0.1, -0.05) is 64.3 Å². The number of unbranched alkanes of at least 4 members (excludes halogenated alkanes) is 2. The van der Waals surface area contributed by atoms with Crippen molar-refractivity contribution in [1.29, 1.82) is 5.41 Å². The lowest BCUT2D eigenvalue weighted by Crippen LogP contribution is -2.37. The number of hydrogen-bond donors (Lipinski definition) is 3. The Morgan fingerprint density at radius 3 is 2.70 bits per heavy atom. The summed E-state index contributed by atoms with van der Waals surface area (Å²) in [7, 11) is 0. The van der Waals surface area contributed by atoms with Crippen LogP contribution in [0.3, 0.4) is 0 Å². The fourth-order valence-electron chi connectivity index (χ4n) is 3.96. The number of benzene rings is 1. The van der Waals surface area contributed by atoms with Crippen molar-refractivity contribution in [3.63, 3.8) is 0 Å². The van der Waals surface area contributed by atoms with Crippen molar-refractivity contribution in [1.82, 2.24) is 5.32 Å². The fraction of sp³-hybridized carbons (Fsp3) is 0.519. The van der Waals surface area contributed by atoms with Gasteiger partial charge in [0.25, 0.3) is 0 Å². The van der Waals surface area contributed by atoms with E-state index in [1.807, 2.05) is 51.1 Å². The van der Waals surface area contributed by atoms with Crippen molar-refractivity contribution in [2.45, 2.75) is 91.3 Å². The Morgan fingerprint density at radius 2 is 2.00 bits per heavy atom. The zero-order valence-electron chi connectivity index (χ0n) is 20.5. The molecule has 33 heavy (non-hydrogen) atoms. The third-order valence-electron chi connectivity index (χ3n) is 6.00. The van der Waals surface area contributed by atoms with Gasteiger partial charge >= 0.3 is 0 Å². The van der Waals surface area contributed by atoms with Crippen LogP contribution >= 0.6 is 0 Å². The number of anilines is 1. The first kappa shape index (κ1) is 26.5. The van der Waals surface area contributed by atoms with E-state index in [1.54, 1.807) is 6.20 Å². The van der Waals surface area contributed by atoms with Gasteiger partial charge in [-0.2, -0.15) is 0 Å². The lowest BCUT2D eigenvalue weighted by Gasteiger charge is -2.25. The Bertz CT molecular complexity index is 903. The molecule has 180 valence electrons. The molecule has 1 aliphatic rings. The van der Waals surface area contributed by atoms with Gasteiger partial charge in [0.1, 0.15) is 12.0 Å². The summed E-state index contributed by atoms with van der Waals surface area (Å²) in [6.07, 6.45) is 8.80. The SMILES string of the molecule is CC/C=C/N=C1\NC(=O)CC\C1=C(\C)C(=N)c1ccccc1NC(CCCCC)C(F)CC. The number of amidine groups is 1. The minimum Gasteiger partial charge on any atom is -0.379 e. The van der Waals surface area contributed by atoms with Crippen LogP contribution in [0.4, 0.5) is 10.1 Å². The monoisotopic (exact) mass is 454 g/mol. The number of allylic oxidation sites excluding steroid dienone is 2. The summed E-state index contributed by atoms with van der Waals surface area (Å²) < 4.78 is 14.7. The second kappa shape index (κ2) is 13.7. The molecule has 0 aromatic heterocycles. The second-order valence-electron chi connectivity index (χ2n) is 8.51. The number of nitrogens with one attached hydrogen (secondary N) is 3. The van der Waals surface area contributed by atoms with Gasteiger partial charge in [-0.15, -0.1) is 0 Å². The molecule has 0 saturated carbocycles. The number of carbonyl (C=O) groups is 1. The molecular weight excluding hydrogens is 415 g/mol.